The van der Waals surface area contributed by atoms with E-state index in [1.165, 1.54) is 0 Å². The molecule has 0 aliphatic carbocycles. The fraction of sp³-hybridized carbons (Fsp3) is 0.667. The van der Waals surface area contributed by atoms with Gasteiger partial charge in [-0.1, -0.05) is 13.3 Å². The van der Waals surface area contributed by atoms with Gasteiger partial charge in [0.05, 0.1) is 18.8 Å². The summed E-state index contributed by atoms with van der Waals surface area (Å²) in [6, 6.07) is 0.0506. The normalized spacial score (nSPS) is 24.1. The van der Waals surface area contributed by atoms with Gasteiger partial charge in [-0.3, -0.25) is 14.3 Å². The second kappa shape index (κ2) is 4.87. The molecule has 2 rings (SSSR count). The van der Waals surface area contributed by atoms with E-state index in [1.54, 1.807) is 17.7 Å². The third kappa shape index (κ3) is 2.49. The Morgan fingerprint density at radius 1 is 1.53 bits per heavy atom. The maximum absolute atomic E-state index is 11.7. The molecule has 0 aromatic carbocycles. The summed E-state index contributed by atoms with van der Waals surface area (Å²) in [6.07, 6.45) is 4.82. The molecule has 2 unspecified atom stereocenters. The van der Waals surface area contributed by atoms with Gasteiger partial charge in [0, 0.05) is 11.8 Å². The van der Waals surface area contributed by atoms with Gasteiger partial charge in [0.25, 0.3) is 5.56 Å². The molecule has 1 fully saturated rings. The first-order valence-electron chi connectivity index (χ1n) is 6.05. The summed E-state index contributed by atoms with van der Waals surface area (Å²) in [4.78, 5) is 25.3. The molecule has 0 bridgehead atoms. The number of aromatic amines is 1. The van der Waals surface area contributed by atoms with Gasteiger partial charge in [-0.05, 0) is 19.8 Å². The molecule has 1 aliphatic rings. The summed E-state index contributed by atoms with van der Waals surface area (Å²) in [6.45, 7) is 4.37. The summed E-state index contributed by atoms with van der Waals surface area (Å²) in [5, 5.41) is 0. The van der Waals surface area contributed by atoms with Crippen LogP contribution in [0.25, 0.3) is 0 Å². The first-order valence-corrected chi connectivity index (χ1v) is 6.05. The monoisotopic (exact) mass is 238 g/mol. The smallest absolute Gasteiger partial charge is 0.328 e. The van der Waals surface area contributed by atoms with Crippen molar-refractivity contribution in [2.45, 2.75) is 45.3 Å². The Labute approximate surface area is 99.4 Å². The Morgan fingerprint density at radius 3 is 3.00 bits per heavy atom. The van der Waals surface area contributed by atoms with Crippen LogP contribution in [0.2, 0.25) is 0 Å². The Hall–Kier alpha value is -1.36. The summed E-state index contributed by atoms with van der Waals surface area (Å²) < 4.78 is 7.22. The van der Waals surface area contributed by atoms with Crippen LogP contribution in [0.3, 0.4) is 0 Å². The minimum absolute atomic E-state index is 0.0506. The highest BCUT2D eigenvalue weighted by Gasteiger charge is 2.26. The predicted octanol–water partition coefficient (Wildman–Crippen LogP) is 0.975. The third-order valence-electron chi connectivity index (χ3n) is 3.21. The maximum Gasteiger partial charge on any atom is 0.328 e. The largest absolute Gasteiger partial charge is 0.376 e. The first-order chi connectivity index (χ1) is 8.11. The molecule has 0 spiro atoms. The van der Waals surface area contributed by atoms with Crippen molar-refractivity contribution in [3.63, 3.8) is 0 Å². The van der Waals surface area contributed by atoms with Crippen molar-refractivity contribution in [2.75, 3.05) is 6.61 Å². The first kappa shape index (κ1) is 12.1. The van der Waals surface area contributed by atoms with E-state index in [9.17, 15) is 9.59 Å². The highest BCUT2D eigenvalue weighted by Crippen LogP contribution is 2.25. The van der Waals surface area contributed by atoms with Crippen molar-refractivity contribution in [2.24, 2.45) is 0 Å². The Balaban J connectivity index is 2.22. The van der Waals surface area contributed by atoms with E-state index in [0.29, 0.717) is 12.2 Å². The zero-order valence-electron chi connectivity index (χ0n) is 10.2. The number of nitrogens with zero attached hydrogens (tertiary/aromatic N) is 1. The Kier molecular flexibility index (Phi) is 3.47. The zero-order chi connectivity index (χ0) is 12.4. The lowest BCUT2D eigenvalue weighted by atomic mass is 10.1. The van der Waals surface area contributed by atoms with Crippen LogP contribution in [0.15, 0.2) is 15.8 Å². The van der Waals surface area contributed by atoms with Gasteiger partial charge >= 0.3 is 5.69 Å². The maximum atomic E-state index is 11.7. The van der Waals surface area contributed by atoms with E-state index >= 15 is 0 Å². The van der Waals surface area contributed by atoms with Gasteiger partial charge in [-0.15, -0.1) is 0 Å². The van der Waals surface area contributed by atoms with Crippen molar-refractivity contribution < 1.29 is 4.74 Å². The van der Waals surface area contributed by atoms with Gasteiger partial charge in [0.2, 0.25) is 0 Å². The lowest BCUT2D eigenvalue weighted by molar-refractivity contribution is 0.0997. The number of aromatic nitrogens is 2. The SMILES string of the molecule is CCCC1CC(n2cc(C)c(=O)[nH]c2=O)CO1. The molecular weight excluding hydrogens is 220 g/mol. The van der Waals surface area contributed by atoms with Crippen LogP contribution >= 0.6 is 0 Å². The summed E-state index contributed by atoms with van der Waals surface area (Å²) in [5.74, 6) is 0. The van der Waals surface area contributed by atoms with Crippen LogP contribution < -0.4 is 11.2 Å². The molecular formula is C12H18N2O3. The average molecular weight is 238 g/mol. The van der Waals surface area contributed by atoms with Crippen molar-refractivity contribution in [1.82, 2.24) is 9.55 Å². The van der Waals surface area contributed by atoms with Crippen LogP contribution in [0.5, 0.6) is 0 Å². The third-order valence-corrected chi connectivity index (χ3v) is 3.21. The minimum atomic E-state index is -0.341. The Morgan fingerprint density at radius 2 is 2.29 bits per heavy atom. The van der Waals surface area contributed by atoms with Gasteiger partial charge < -0.3 is 4.74 Å². The molecule has 1 N–H and O–H groups in total. The van der Waals surface area contributed by atoms with Gasteiger partial charge in [0.15, 0.2) is 0 Å². The van der Waals surface area contributed by atoms with E-state index < -0.39 is 0 Å². The molecule has 2 heterocycles. The summed E-state index contributed by atoms with van der Waals surface area (Å²) >= 11 is 0. The standard InChI is InChI=1S/C12H18N2O3/c1-3-4-10-5-9(7-17-10)14-6-8(2)11(15)13-12(14)16/h6,9-10H,3-5,7H2,1-2H3,(H,13,15,16). The quantitative estimate of drug-likeness (QED) is 0.853. The highest BCUT2D eigenvalue weighted by atomic mass is 16.5. The number of ether oxygens (including phenoxy) is 1. The Bertz CT molecular complexity index is 503. The molecule has 1 saturated heterocycles. The van der Waals surface area contributed by atoms with Crippen LogP contribution in [0, 0.1) is 6.92 Å². The lowest BCUT2D eigenvalue weighted by Gasteiger charge is -2.12. The molecule has 1 aromatic rings. The number of aryl methyl sites for hydroxylation is 1. The van der Waals surface area contributed by atoms with E-state index in [1.807, 2.05) is 0 Å². The molecule has 5 heteroatoms. The second-order valence-corrected chi connectivity index (χ2v) is 4.61. The summed E-state index contributed by atoms with van der Waals surface area (Å²) in [5.41, 5.74) is -0.0924. The second-order valence-electron chi connectivity index (χ2n) is 4.61. The molecule has 0 radical (unpaired) electrons. The molecule has 2 atom stereocenters. The van der Waals surface area contributed by atoms with E-state index in [2.05, 4.69) is 11.9 Å². The molecule has 94 valence electrons. The van der Waals surface area contributed by atoms with Gasteiger partial charge in [0.1, 0.15) is 0 Å². The molecule has 5 nitrogen and oxygen atoms in total. The number of hydrogen-bond donors (Lipinski definition) is 1. The fourth-order valence-electron chi connectivity index (χ4n) is 2.26. The number of hydrogen-bond acceptors (Lipinski definition) is 3. The number of H-pyrrole nitrogens is 1. The predicted molar refractivity (Wildman–Crippen MR) is 64.4 cm³/mol. The van der Waals surface area contributed by atoms with E-state index in [0.717, 1.165) is 19.3 Å². The fourth-order valence-corrected chi connectivity index (χ4v) is 2.26. The number of rotatable bonds is 3. The minimum Gasteiger partial charge on any atom is -0.376 e. The van der Waals surface area contributed by atoms with Crippen molar-refractivity contribution in [3.8, 4) is 0 Å². The van der Waals surface area contributed by atoms with Crippen LogP contribution in [0.1, 0.15) is 37.8 Å². The van der Waals surface area contributed by atoms with Crippen LogP contribution in [-0.2, 0) is 4.74 Å². The van der Waals surface area contributed by atoms with Gasteiger partial charge in [-0.25, -0.2) is 4.79 Å². The lowest BCUT2D eigenvalue weighted by Crippen LogP contribution is -2.33. The van der Waals surface area contributed by atoms with E-state index in [4.69, 9.17) is 4.74 Å². The topological polar surface area (TPSA) is 64.1 Å². The van der Waals surface area contributed by atoms with Crippen molar-refractivity contribution >= 4 is 0 Å². The molecule has 1 aromatic heterocycles. The molecule has 0 amide bonds. The molecule has 0 saturated carbocycles. The zero-order valence-corrected chi connectivity index (χ0v) is 10.2. The van der Waals surface area contributed by atoms with Crippen molar-refractivity contribution in [1.29, 1.82) is 0 Å². The molecule has 17 heavy (non-hydrogen) atoms. The van der Waals surface area contributed by atoms with Gasteiger partial charge in [-0.2, -0.15) is 0 Å². The van der Waals surface area contributed by atoms with Crippen molar-refractivity contribution in [3.05, 3.63) is 32.6 Å². The summed E-state index contributed by atoms with van der Waals surface area (Å²) in [7, 11) is 0. The van der Waals surface area contributed by atoms with Crippen LogP contribution in [-0.4, -0.2) is 22.3 Å². The molecule has 1 aliphatic heterocycles. The number of nitrogens with one attached hydrogen (secondary N) is 1. The highest BCUT2D eigenvalue weighted by molar-refractivity contribution is 5.02. The van der Waals surface area contributed by atoms with Crippen LogP contribution in [0.4, 0.5) is 0 Å². The van der Waals surface area contributed by atoms with E-state index in [-0.39, 0.29) is 23.4 Å². The average Bonchev–Trinajstić information content (AvgIpc) is 2.72.